The fourth-order valence-electron chi connectivity index (χ4n) is 3.62. The molecule has 3 aromatic rings. The molecule has 2 aromatic carbocycles. The second-order valence-electron chi connectivity index (χ2n) is 8.22. The van der Waals surface area contributed by atoms with Crippen molar-refractivity contribution < 1.29 is 13.2 Å². The summed E-state index contributed by atoms with van der Waals surface area (Å²) in [4.78, 5) is 17.6. The summed E-state index contributed by atoms with van der Waals surface area (Å²) < 4.78 is 30.0. The summed E-state index contributed by atoms with van der Waals surface area (Å²) in [5.74, 6) is -0.0129. The van der Waals surface area contributed by atoms with Crippen LogP contribution in [0.2, 0.25) is 0 Å². The van der Waals surface area contributed by atoms with Gasteiger partial charge >= 0.3 is 0 Å². The van der Waals surface area contributed by atoms with Gasteiger partial charge in [0, 0.05) is 12.2 Å². The molecule has 8 heteroatoms. The molecule has 0 saturated carbocycles. The number of sulfonamides is 1. The Morgan fingerprint density at radius 3 is 2.55 bits per heavy atom. The van der Waals surface area contributed by atoms with Gasteiger partial charge in [0.25, 0.3) is 5.91 Å². The molecule has 1 N–H and O–H groups in total. The quantitative estimate of drug-likeness (QED) is 0.653. The fourth-order valence-corrected chi connectivity index (χ4v) is 5.21. The van der Waals surface area contributed by atoms with Crippen molar-refractivity contribution in [1.82, 2.24) is 13.9 Å². The van der Waals surface area contributed by atoms with Crippen molar-refractivity contribution >= 4 is 21.6 Å². The Hall–Kier alpha value is -2.97. The van der Waals surface area contributed by atoms with Gasteiger partial charge in [-0.3, -0.25) is 9.36 Å². The number of amides is 1. The minimum atomic E-state index is -3.71. The molecule has 0 atom stereocenters. The molecule has 31 heavy (non-hydrogen) atoms. The van der Waals surface area contributed by atoms with Gasteiger partial charge in [-0.05, 0) is 43.5 Å². The number of benzene rings is 2. The number of aromatic nitrogens is 2. The monoisotopic (exact) mass is 438 g/mol. The van der Waals surface area contributed by atoms with E-state index in [0.29, 0.717) is 29.5 Å². The number of nitrogens with zero attached hydrogens (tertiary/aromatic N) is 3. The SMILES string of the molecule is Cc1ccc(NC(=O)c2ncn3c2CN(CCC(C)C)S(=O)(=O)c2ccccc2-3)cc1. The predicted octanol–water partition coefficient (Wildman–Crippen LogP) is 3.98. The van der Waals surface area contributed by atoms with Crippen LogP contribution in [0.25, 0.3) is 5.69 Å². The molecule has 0 fully saturated rings. The zero-order valence-electron chi connectivity index (χ0n) is 17.9. The minimum Gasteiger partial charge on any atom is -0.321 e. The van der Waals surface area contributed by atoms with Crippen molar-refractivity contribution in [2.24, 2.45) is 5.92 Å². The van der Waals surface area contributed by atoms with Gasteiger partial charge in [0.05, 0.1) is 17.9 Å². The fraction of sp³-hybridized carbons (Fsp3) is 0.304. The summed E-state index contributed by atoms with van der Waals surface area (Å²) in [7, 11) is -3.71. The third-order valence-electron chi connectivity index (χ3n) is 5.42. The lowest BCUT2D eigenvalue weighted by Crippen LogP contribution is -2.32. The number of carbonyl (C=O) groups excluding carboxylic acids is 1. The maximum Gasteiger partial charge on any atom is 0.276 e. The molecule has 162 valence electrons. The van der Waals surface area contributed by atoms with Crippen molar-refractivity contribution in [3.63, 3.8) is 0 Å². The molecule has 0 spiro atoms. The highest BCUT2D eigenvalue weighted by Gasteiger charge is 2.34. The topological polar surface area (TPSA) is 84.3 Å². The van der Waals surface area contributed by atoms with Crippen LogP contribution in [0.1, 0.15) is 42.0 Å². The van der Waals surface area contributed by atoms with Crippen molar-refractivity contribution in [2.45, 2.75) is 38.6 Å². The number of anilines is 1. The zero-order chi connectivity index (χ0) is 22.2. The molecule has 0 saturated heterocycles. The summed E-state index contributed by atoms with van der Waals surface area (Å²) in [5.41, 5.74) is 3.04. The van der Waals surface area contributed by atoms with Crippen molar-refractivity contribution in [1.29, 1.82) is 0 Å². The molecule has 7 nitrogen and oxygen atoms in total. The van der Waals surface area contributed by atoms with E-state index < -0.39 is 10.0 Å². The van der Waals surface area contributed by atoms with E-state index in [1.54, 1.807) is 28.8 Å². The van der Waals surface area contributed by atoms with Crippen molar-refractivity contribution in [3.05, 3.63) is 71.8 Å². The van der Waals surface area contributed by atoms with Gasteiger partial charge < -0.3 is 5.32 Å². The Bertz CT molecular complexity index is 1210. The average molecular weight is 439 g/mol. The number of hydrogen-bond acceptors (Lipinski definition) is 4. The van der Waals surface area contributed by atoms with E-state index in [-0.39, 0.29) is 23.0 Å². The molecular formula is C23H26N4O3S. The van der Waals surface area contributed by atoms with Crippen LogP contribution in [-0.2, 0) is 16.6 Å². The van der Waals surface area contributed by atoms with Crippen molar-refractivity contribution in [2.75, 3.05) is 11.9 Å². The Labute approximate surface area is 182 Å². The van der Waals surface area contributed by atoms with E-state index in [1.807, 2.05) is 31.2 Å². The van der Waals surface area contributed by atoms with Gasteiger partial charge in [-0.25, -0.2) is 13.4 Å². The standard InChI is InChI=1S/C23H26N4O3S/c1-16(2)12-13-26-14-20-22(23(28)25-18-10-8-17(3)9-11-18)24-15-27(20)19-6-4-5-7-21(19)31(26,29)30/h4-11,15-16H,12-14H2,1-3H3,(H,25,28). The molecule has 0 bridgehead atoms. The van der Waals surface area contributed by atoms with Gasteiger partial charge in [0.2, 0.25) is 10.0 Å². The Kier molecular flexibility index (Phi) is 5.68. The number of carbonyl (C=O) groups is 1. The third-order valence-corrected chi connectivity index (χ3v) is 7.31. The molecule has 1 amide bonds. The summed E-state index contributed by atoms with van der Waals surface area (Å²) >= 11 is 0. The maximum absolute atomic E-state index is 13.4. The zero-order valence-corrected chi connectivity index (χ0v) is 18.7. The number of hydrogen-bond donors (Lipinski definition) is 1. The molecule has 1 aromatic heterocycles. The van der Waals surface area contributed by atoms with Gasteiger partial charge in [0.1, 0.15) is 11.2 Å². The summed E-state index contributed by atoms with van der Waals surface area (Å²) in [5, 5.41) is 2.87. The first-order chi connectivity index (χ1) is 14.8. The van der Waals surface area contributed by atoms with Crippen LogP contribution in [0, 0.1) is 12.8 Å². The maximum atomic E-state index is 13.4. The third kappa shape index (κ3) is 4.13. The first-order valence-corrected chi connectivity index (χ1v) is 11.7. The lowest BCUT2D eigenvalue weighted by atomic mass is 10.1. The highest BCUT2D eigenvalue weighted by atomic mass is 32.2. The molecule has 0 radical (unpaired) electrons. The second-order valence-corrected chi connectivity index (χ2v) is 10.1. The number of rotatable bonds is 5. The Morgan fingerprint density at radius 2 is 1.84 bits per heavy atom. The van der Waals surface area contributed by atoms with Crippen LogP contribution in [0.15, 0.2) is 59.8 Å². The molecule has 1 aliphatic rings. The van der Waals surface area contributed by atoms with E-state index in [9.17, 15) is 13.2 Å². The van der Waals surface area contributed by atoms with E-state index >= 15 is 0 Å². The van der Waals surface area contributed by atoms with Crippen LogP contribution in [0.5, 0.6) is 0 Å². The van der Waals surface area contributed by atoms with Crippen LogP contribution in [0.4, 0.5) is 5.69 Å². The number of para-hydroxylation sites is 1. The molecule has 0 unspecified atom stereocenters. The number of nitrogens with one attached hydrogen (secondary N) is 1. The normalized spacial score (nSPS) is 15.2. The lowest BCUT2D eigenvalue weighted by Gasteiger charge is -2.21. The average Bonchev–Trinajstić information content (AvgIpc) is 3.12. The minimum absolute atomic E-state index is 0.0837. The molecular weight excluding hydrogens is 412 g/mol. The second kappa shape index (κ2) is 8.28. The van der Waals surface area contributed by atoms with E-state index in [1.165, 1.54) is 10.6 Å². The van der Waals surface area contributed by atoms with Crippen LogP contribution in [0.3, 0.4) is 0 Å². The lowest BCUT2D eigenvalue weighted by molar-refractivity contribution is 0.102. The smallest absolute Gasteiger partial charge is 0.276 e. The van der Waals surface area contributed by atoms with Crippen LogP contribution in [-0.4, -0.2) is 34.7 Å². The summed E-state index contributed by atoms with van der Waals surface area (Å²) in [6.07, 6.45) is 2.25. The first-order valence-electron chi connectivity index (χ1n) is 10.3. The Balaban J connectivity index is 1.76. The summed E-state index contributed by atoms with van der Waals surface area (Å²) in [6.45, 7) is 6.55. The highest BCUT2D eigenvalue weighted by molar-refractivity contribution is 7.89. The summed E-state index contributed by atoms with van der Waals surface area (Å²) in [6, 6.07) is 14.3. The van der Waals surface area contributed by atoms with Crippen LogP contribution < -0.4 is 5.32 Å². The molecule has 1 aliphatic heterocycles. The molecule has 4 rings (SSSR count). The largest absolute Gasteiger partial charge is 0.321 e. The van der Waals surface area contributed by atoms with E-state index in [4.69, 9.17) is 0 Å². The van der Waals surface area contributed by atoms with E-state index in [2.05, 4.69) is 24.1 Å². The number of imidazole rings is 1. The number of fused-ring (bicyclic) bond motifs is 3. The van der Waals surface area contributed by atoms with Gasteiger partial charge in [-0.15, -0.1) is 0 Å². The predicted molar refractivity (Wildman–Crippen MR) is 120 cm³/mol. The molecule has 0 aliphatic carbocycles. The first kappa shape index (κ1) is 21.3. The Morgan fingerprint density at radius 1 is 1.13 bits per heavy atom. The van der Waals surface area contributed by atoms with Crippen LogP contribution >= 0.6 is 0 Å². The van der Waals surface area contributed by atoms with Gasteiger partial charge in [0.15, 0.2) is 5.69 Å². The number of aryl methyl sites for hydroxylation is 1. The van der Waals surface area contributed by atoms with Crippen molar-refractivity contribution in [3.8, 4) is 5.69 Å². The van der Waals surface area contributed by atoms with Gasteiger partial charge in [-0.2, -0.15) is 4.31 Å². The highest BCUT2D eigenvalue weighted by Crippen LogP contribution is 2.31. The van der Waals surface area contributed by atoms with Gasteiger partial charge in [-0.1, -0.05) is 43.7 Å². The van der Waals surface area contributed by atoms with E-state index in [0.717, 1.165) is 12.0 Å². The molecule has 2 heterocycles.